The lowest BCUT2D eigenvalue weighted by atomic mass is 10.3. The van der Waals surface area contributed by atoms with Gasteiger partial charge in [-0.15, -0.1) is 0 Å². The number of aromatic nitrogens is 2. The Morgan fingerprint density at radius 1 is 1.29 bits per heavy atom. The molecule has 7 heteroatoms. The van der Waals surface area contributed by atoms with Crippen LogP contribution in [-0.2, 0) is 23.2 Å². The summed E-state index contributed by atoms with van der Waals surface area (Å²) in [7, 11) is 1.67. The average Bonchev–Trinajstić information content (AvgIpc) is 2.69. The number of imidazole rings is 1. The van der Waals surface area contributed by atoms with Gasteiger partial charge in [-0.1, -0.05) is 12.1 Å². The van der Waals surface area contributed by atoms with Gasteiger partial charge in [0, 0.05) is 20.0 Å². The Morgan fingerprint density at radius 2 is 1.90 bits per heavy atom. The molecule has 0 fully saturated rings. The number of benzene rings is 1. The lowest BCUT2D eigenvalue weighted by Crippen LogP contribution is -2.39. The molecule has 2 aromatic rings. The van der Waals surface area contributed by atoms with Crippen LogP contribution in [0.15, 0.2) is 29.1 Å². The van der Waals surface area contributed by atoms with Crippen LogP contribution in [0.25, 0.3) is 11.0 Å². The molecule has 1 aromatic heterocycles. The number of carbonyl (C=O) groups excluding carboxylic acids is 1. The van der Waals surface area contributed by atoms with Gasteiger partial charge in [-0.05, 0) is 19.1 Å². The van der Waals surface area contributed by atoms with E-state index in [1.54, 1.807) is 7.05 Å². The molecule has 0 spiro atoms. The third kappa shape index (κ3) is 2.96. The average molecular weight is 291 g/mol. The minimum atomic E-state index is -1.09. The minimum Gasteiger partial charge on any atom is -0.480 e. The summed E-state index contributed by atoms with van der Waals surface area (Å²) in [5.74, 6) is -1.49. The number of nitrogens with one attached hydrogen (secondary N) is 1. The van der Waals surface area contributed by atoms with Crippen molar-refractivity contribution in [2.24, 2.45) is 7.05 Å². The van der Waals surface area contributed by atoms with Crippen molar-refractivity contribution in [1.29, 1.82) is 0 Å². The summed E-state index contributed by atoms with van der Waals surface area (Å²) >= 11 is 0. The number of carbonyl (C=O) groups is 2. The summed E-state index contributed by atoms with van der Waals surface area (Å²) in [5.41, 5.74) is 1.35. The molecule has 0 saturated carbocycles. The van der Waals surface area contributed by atoms with Gasteiger partial charge in [-0.3, -0.25) is 18.7 Å². The molecule has 0 aliphatic heterocycles. The quantitative estimate of drug-likeness (QED) is 0.829. The molecule has 0 radical (unpaired) electrons. The summed E-state index contributed by atoms with van der Waals surface area (Å²) in [6, 6.07) is 6.37. The number of amides is 1. The second kappa shape index (κ2) is 5.82. The first-order valence-electron chi connectivity index (χ1n) is 6.58. The summed E-state index contributed by atoms with van der Waals surface area (Å²) in [6.45, 7) is 1.60. The van der Waals surface area contributed by atoms with Crippen molar-refractivity contribution in [3.63, 3.8) is 0 Å². The molecule has 7 nitrogen and oxygen atoms in total. The monoisotopic (exact) mass is 291 g/mol. The molecule has 2 N–H and O–H groups in total. The molecular weight excluding hydrogens is 274 g/mol. The van der Waals surface area contributed by atoms with E-state index in [2.05, 4.69) is 5.32 Å². The number of hydrogen-bond acceptors (Lipinski definition) is 3. The normalized spacial score (nSPS) is 12.3. The standard InChI is InChI=1S/C14H17N3O4/c1-9(13(19)20)15-12(18)7-8-17-11-6-4-3-5-10(11)16(2)14(17)21/h3-6,9H,7-8H2,1-2H3,(H,15,18)(H,19,20)/t9-/m0/s1. The number of carboxylic acids is 1. The third-order valence-electron chi connectivity index (χ3n) is 3.36. The Labute approximate surface area is 120 Å². The lowest BCUT2D eigenvalue weighted by Gasteiger charge is -2.09. The Hall–Kier alpha value is -2.57. The van der Waals surface area contributed by atoms with Crippen molar-refractivity contribution < 1.29 is 14.7 Å². The zero-order chi connectivity index (χ0) is 15.6. The molecular formula is C14H17N3O4. The predicted molar refractivity (Wildman–Crippen MR) is 77.0 cm³/mol. The van der Waals surface area contributed by atoms with E-state index < -0.39 is 17.9 Å². The van der Waals surface area contributed by atoms with Gasteiger partial charge < -0.3 is 10.4 Å². The maximum absolute atomic E-state index is 12.1. The minimum absolute atomic E-state index is 0.0472. The van der Waals surface area contributed by atoms with E-state index >= 15 is 0 Å². The smallest absolute Gasteiger partial charge is 0.328 e. The summed E-state index contributed by atoms with van der Waals surface area (Å²) < 4.78 is 3.04. The molecule has 21 heavy (non-hydrogen) atoms. The van der Waals surface area contributed by atoms with Gasteiger partial charge >= 0.3 is 11.7 Å². The van der Waals surface area contributed by atoms with Crippen molar-refractivity contribution in [1.82, 2.24) is 14.5 Å². The van der Waals surface area contributed by atoms with Crippen molar-refractivity contribution in [2.45, 2.75) is 25.9 Å². The SMILES string of the molecule is C[C@H](NC(=O)CCn1c(=O)n(C)c2ccccc21)C(=O)O. The second-order valence-electron chi connectivity index (χ2n) is 4.86. The van der Waals surface area contributed by atoms with Crippen LogP contribution in [0.4, 0.5) is 0 Å². The number of aliphatic carboxylic acids is 1. The topological polar surface area (TPSA) is 93.3 Å². The highest BCUT2D eigenvalue weighted by atomic mass is 16.4. The zero-order valence-corrected chi connectivity index (χ0v) is 11.9. The fraction of sp³-hybridized carbons (Fsp3) is 0.357. The zero-order valence-electron chi connectivity index (χ0n) is 11.9. The van der Waals surface area contributed by atoms with Crippen LogP contribution in [0.3, 0.4) is 0 Å². The van der Waals surface area contributed by atoms with Crippen molar-refractivity contribution in [3.05, 3.63) is 34.7 Å². The summed E-state index contributed by atoms with van der Waals surface area (Å²) in [6.07, 6.45) is 0.0472. The molecule has 0 saturated heterocycles. The summed E-state index contributed by atoms with van der Waals surface area (Å²) in [5, 5.41) is 11.1. The van der Waals surface area contributed by atoms with Gasteiger partial charge in [0.2, 0.25) is 5.91 Å². The Kier molecular flexibility index (Phi) is 4.11. The van der Waals surface area contributed by atoms with E-state index in [1.165, 1.54) is 16.1 Å². The molecule has 112 valence electrons. The van der Waals surface area contributed by atoms with Crippen LogP contribution in [0.5, 0.6) is 0 Å². The molecule has 0 bridgehead atoms. The lowest BCUT2D eigenvalue weighted by molar-refractivity contribution is -0.141. The fourth-order valence-electron chi connectivity index (χ4n) is 2.17. The first-order valence-corrected chi connectivity index (χ1v) is 6.58. The molecule has 1 atom stereocenters. The molecule has 0 aliphatic rings. The number of fused-ring (bicyclic) bond motifs is 1. The van der Waals surface area contributed by atoms with Gasteiger partial charge in [-0.25, -0.2) is 4.79 Å². The first kappa shape index (κ1) is 14.8. The predicted octanol–water partition coefficient (Wildman–Crippen LogP) is 0.319. The van der Waals surface area contributed by atoms with Gasteiger partial charge in [0.15, 0.2) is 0 Å². The Morgan fingerprint density at radius 3 is 2.52 bits per heavy atom. The van der Waals surface area contributed by atoms with E-state index in [4.69, 9.17) is 5.11 Å². The maximum atomic E-state index is 12.1. The summed E-state index contributed by atoms with van der Waals surface area (Å²) in [4.78, 5) is 34.5. The number of aryl methyl sites for hydroxylation is 2. The fourth-order valence-corrected chi connectivity index (χ4v) is 2.17. The van der Waals surface area contributed by atoms with E-state index in [9.17, 15) is 14.4 Å². The first-order chi connectivity index (χ1) is 9.91. The second-order valence-corrected chi connectivity index (χ2v) is 4.86. The highest BCUT2D eigenvalue weighted by Crippen LogP contribution is 2.11. The van der Waals surface area contributed by atoms with Crippen LogP contribution < -0.4 is 11.0 Å². The molecule has 1 heterocycles. The highest BCUT2D eigenvalue weighted by Gasteiger charge is 2.15. The van der Waals surface area contributed by atoms with E-state index in [0.717, 1.165) is 11.0 Å². The van der Waals surface area contributed by atoms with Crippen LogP contribution in [-0.4, -0.2) is 32.2 Å². The van der Waals surface area contributed by atoms with Gasteiger partial charge in [0.1, 0.15) is 6.04 Å². The van der Waals surface area contributed by atoms with Gasteiger partial charge in [0.25, 0.3) is 0 Å². The highest BCUT2D eigenvalue weighted by molar-refractivity contribution is 5.83. The number of nitrogens with zero attached hydrogens (tertiary/aromatic N) is 2. The van der Waals surface area contributed by atoms with Crippen molar-refractivity contribution >= 4 is 22.9 Å². The molecule has 0 aliphatic carbocycles. The largest absolute Gasteiger partial charge is 0.480 e. The Bertz CT molecular complexity index is 744. The molecule has 2 rings (SSSR count). The number of rotatable bonds is 5. The van der Waals surface area contributed by atoms with Crippen molar-refractivity contribution in [2.75, 3.05) is 0 Å². The number of carboxylic acid groups (broad SMARTS) is 1. The molecule has 1 aromatic carbocycles. The van der Waals surface area contributed by atoms with Crippen LogP contribution in [0.1, 0.15) is 13.3 Å². The number of para-hydroxylation sites is 2. The van der Waals surface area contributed by atoms with Crippen LogP contribution >= 0.6 is 0 Å². The molecule has 1 amide bonds. The van der Waals surface area contributed by atoms with Crippen LogP contribution in [0, 0.1) is 0 Å². The molecule has 0 unspecified atom stereocenters. The van der Waals surface area contributed by atoms with E-state index in [-0.39, 0.29) is 18.7 Å². The van der Waals surface area contributed by atoms with E-state index in [1.807, 2.05) is 24.3 Å². The van der Waals surface area contributed by atoms with Crippen molar-refractivity contribution in [3.8, 4) is 0 Å². The maximum Gasteiger partial charge on any atom is 0.328 e. The number of hydrogen-bond donors (Lipinski definition) is 2. The van der Waals surface area contributed by atoms with Gasteiger partial charge in [-0.2, -0.15) is 0 Å². The Balaban J connectivity index is 2.14. The third-order valence-corrected chi connectivity index (χ3v) is 3.36. The van der Waals surface area contributed by atoms with E-state index in [0.29, 0.717) is 0 Å². The van der Waals surface area contributed by atoms with Crippen LogP contribution in [0.2, 0.25) is 0 Å². The van der Waals surface area contributed by atoms with Gasteiger partial charge in [0.05, 0.1) is 11.0 Å².